The van der Waals surface area contributed by atoms with E-state index < -0.39 is 11.6 Å². The molecule has 5 heteroatoms. The second-order valence-corrected chi connectivity index (χ2v) is 4.12. The van der Waals surface area contributed by atoms with Crippen LogP contribution in [0.25, 0.3) is 0 Å². The number of anilines is 1. The minimum atomic E-state index is -0.670. The van der Waals surface area contributed by atoms with Gasteiger partial charge in [-0.1, -0.05) is 29.8 Å². The highest BCUT2D eigenvalue weighted by Crippen LogP contribution is 2.29. The molecular weight excluding hydrogens is 260 g/mol. The fourth-order valence-electron chi connectivity index (χ4n) is 1.50. The van der Waals surface area contributed by atoms with Crippen molar-refractivity contribution in [3.63, 3.8) is 0 Å². The molecule has 2 N–H and O–H groups in total. The Morgan fingerprint density at radius 2 is 1.83 bits per heavy atom. The zero-order chi connectivity index (χ0) is 13.1. The van der Waals surface area contributed by atoms with Gasteiger partial charge >= 0.3 is 0 Å². The van der Waals surface area contributed by atoms with E-state index in [1.165, 1.54) is 12.1 Å². The first-order valence-corrected chi connectivity index (χ1v) is 5.56. The molecule has 2 aromatic carbocycles. The Bertz CT molecular complexity index is 552. The van der Waals surface area contributed by atoms with Gasteiger partial charge in [0.2, 0.25) is 0 Å². The topological polar surface area (TPSA) is 35.2 Å². The van der Waals surface area contributed by atoms with Crippen molar-refractivity contribution in [1.82, 2.24) is 0 Å². The zero-order valence-electron chi connectivity index (χ0n) is 9.29. The summed E-state index contributed by atoms with van der Waals surface area (Å²) in [5.41, 5.74) is 5.99. The largest absolute Gasteiger partial charge is 0.484 e. The number of hydrogen-bond acceptors (Lipinski definition) is 2. The Hall–Kier alpha value is -1.81. The smallest absolute Gasteiger partial charge is 0.178 e. The van der Waals surface area contributed by atoms with Gasteiger partial charge in [-0.2, -0.15) is 0 Å². The van der Waals surface area contributed by atoms with Gasteiger partial charge in [-0.3, -0.25) is 0 Å². The molecule has 2 nitrogen and oxygen atoms in total. The number of halogens is 3. The van der Waals surface area contributed by atoms with Gasteiger partial charge in [-0.05, 0) is 18.2 Å². The normalized spacial score (nSPS) is 10.4. The quantitative estimate of drug-likeness (QED) is 0.861. The van der Waals surface area contributed by atoms with Crippen molar-refractivity contribution >= 4 is 17.3 Å². The maximum absolute atomic E-state index is 13.5. The van der Waals surface area contributed by atoms with Gasteiger partial charge in [-0.15, -0.1) is 0 Å². The van der Waals surface area contributed by atoms with E-state index in [-0.39, 0.29) is 23.1 Å². The molecule has 0 radical (unpaired) electrons. The number of nitrogens with two attached hydrogens (primary N) is 1. The fourth-order valence-corrected chi connectivity index (χ4v) is 1.71. The fraction of sp³-hybridized carbons (Fsp3) is 0.0769. The third-order valence-electron chi connectivity index (χ3n) is 2.37. The van der Waals surface area contributed by atoms with Crippen molar-refractivity contribution < 1.29 is 13.5 Å². The van der Waals surface area contributed by atoms with E-state index in [1.54, 1.807) is 18.2 Å². The van der Waals surface area contributed by atoms with E-state index in [0.29, 0.717) is 5.56 Å². The molecule has 0 saturated heterocycles. The Labute approximate surface area is 108 Å². The van der Waals surface area contributed by atoms with Gasteiger partial charge < -0.3 is 10.5 Å². The molecule has 0 bridgehead atoms. The molecule has 0 fully saturated rings. The molecule has 0 unspecified atom stereocenters. The third-order valence-corrected chi connectivity index (χ3v) is 2.59. The number of ether oxygens (including phenoxy) is 1. The summed E-state index contributed by atoms with van der Waals surface area (Å²) >= 11 is 5.63. The van der Waals surface area contributed by atoms with Crippen LogP contribution in [0.1, 0.15) is 5.56 Å². The van der Waals surface area contributed by atoms with Crippen LogP contribution in [0.4, 0.5) is 14.5 Å². The summed E-state index contributed by atoms with van der Waals surface area (Å²) in [6.45, 7) is -0.102. The lowest BCUT2D eigenvalue weighted by Gasteiger charge is -2.10. The summed E-state index contributed by atoms with van der Waals surface area (Å²) in [5.74, 6) is -1.20. The second kappa shape index (κ2) is 5.23. The Kier molecular flexibility index (Phi) is 3.67. The molecule has 0 amide bonds. The first-order chi connectivity index (χ1) is 8.58. The average molecular weight is 270 g/mol. The summed E-state index contributed by atoms with van der Waals surface area (Å²) in [5, 5.41) is 0.184. The summed E-state index contributed by atoms with van der Waals surface area (Å²) < 4.78 is 32.1. The lowest BCUT2D eigenvalue weighted by Crippen LogP contribution is -2.02. The van der Waals surface area contributed by atoms with Gasteiger partial charge in [-0.25, -0.2) is 8.78 Å². The molecule has 0 heterocycles. The van der Waals surface area contributed by atoms with Crippen LogP contribution in [0, 0.1) is 11.6 Å². The Balaban J connectivity index is 2.19. The second-order valence-electron chi connectivity index (χ2n) is 3.69. The lowest BCUT2D eigenvalue weighted by atomic mass is 10.2. The molecule has 2 rings (SSSR count). The van der Waals surface area contributed by atoms with Gasteiger partial charge in [0, 0.05) is 10.6 Å². The van der Waals surface area contributed by atoms with Gasteiger partial charge in [0.15, 0.2) is 11.6 Å². The highest BCUT2D eigenvalue weighted by molar-refractivity contribution is 6.30. The first-order valence-electron chi connectivity index (χ1n) is 5.18. The molecule has 0 aromatic heterocycles. The molecule has 0 aliphatic carbocycles. The summed E-state index contributed by atoms with van der Waals surface area (Å²) in [7, 11) is 0. The molecule has 0 aliphatic heterocycles. The maximum Gasteiger partial charge on any atom is 0.178 e. The average Bonchev–Trinajstić information content (AvgIpc) is 2.30. The van der Waals surface area contributed by atoms with Crippen LogP contribution in [0.15, 0.2) is 36.4 Å². The standard InChI is InChI=1S/C13H10ClF2NO/c14-9-5-11(16)13(12(17)6-9)18-7-8-3-1-2-4-10(8)15/h1-6H,7,17H2. The molecule has 0 spiro atoms. The lowest BCUT2D eigenvalue weighted by molar-refractivity contribution is 0.286. The number of rotatable bonds is 3. The zero-order valence-corrected chi connectivity index (χ0v) is 10.0. The molecule has 18 heavy (non-hydrogen) atoms. The van der Waals surface area contributed by atoms with Crippen LogP contribution in [0.3, 0.4) is 0 Å². The van der Waals surface area contributed by atoms with Crippen LogP contribution >= 0.6 is 11.6 Å². The Morgan fingerprint density at radius 3 is 2.50 bits per heavy atom. The van der Waals surface area contributed by atoms with E-state index in [1.807, 2.05) is 0 Å². The van der Waals surface area contributed by atoms with E-state index in [9.17, 15) is 8.78 Å². The van der Waals surface area contributed by atoms with Gasteiger partial charge in [0.25, 0.3) is 0 Å². The molecule has 94 valence electrons. The SMILES string of the molecule is Nc1cc(Cl)cc(F)c1OCc1ccccc1F. The molecule has 0 aliphatic rings. The number of benzene rings is 2. The monoisotopic (exact) mass is 269 g/mol. The van der Waals surface area contributed by atoms with E-state index in [4.69, 9.17) is 22.1 Å². The van der Waals surface area contributed by atoms with E-state index >= 15 is 0 Å². The first kappa shape index (κ1) is 12.6. The minimum Gasteiger partial charge on any atom is -0.484 e. The summed E-state index contributed by atoms with van der Waals surface area (Å²) in [6, 6.07) is 8.56. The van der Waals surface area contributed by atoms with Crippen molar-refractivity contribution in [3.05, 3.63) is 58.6 Å². The third kappa shape index (κ3) is 2.71. The number of hydrogen-bond donors (Lipinski definition) is 1. The molecule has 0 atom stereocenters. The van der Waals surface area contributed by atoms with Crippen LogP contribution in [-0.4, -0.2) is 0 Å². The highest BCUT2D eigenvalue weighted by Gasteiger charge is 2.11. The minimum absolute atomic E-state index is 0.0799. The van der Waals surface area contributed by atoms with Crippen molar-refractivity contribution in [1.29, 1.82) is 0 Å². The predicted octanol–water partition coefficient (Wildman–Crippen LogP) is 3.78. The van der Waals surface area contributed by atoms with Crippen molar-refractivity contribution in [2.24, 2.45) is 0 Å². The van der Waals surface area contributed by atoms with E-state index in [0.717, 1.165) is 6.07 Å². The van der Waals surface area contributed by atoms with Crippen LogP contribution in [0.2, 0.25) is 5.02 Å². The van der Waals surface area contributed by atoms with Crippen LogP contribution in [-0.2, 0) is 6.61 Å². The Morgan fingerprint density at radius 1 is 1.11 bits per heavy atom. The van der Waals surface area contributed by atoms with Crippen LogP contribution < -0.4 is 10.5 Å². The van der Waals surface area contributed by atoms with Crippen molar-refractivity contribution in [2.45, 2.75) is 6.61 Å². The van der Waals surface area contributed by atoms with Crippen molar-refractivity contribution in [3.8, 4) is 5.75 Å². The summed E-state index contributed by atoms with van der Waals surface area (Å²) in [4.78, 5) is 0. The number of nitrogen functional groups attached to an aromatic ring is 1. The van der Waals surface area contributed by atoms with E-state index in [2.05, 4.69) is 0 Å². The summed E-state index contributed by atoms with van der Waals surface area (Å²) in [6.07, 6.45) is 0. The van der Waals surface area contributed by atoms with Gasteiger partial charge in [0.05, 0.1) is 5.69 Å². The van der Waals surface area contributed by atoms with Crippen LogP contribution in [0.5, 0.6) is 5.75 Å². The maximum atomic E-state index is 13.5. The molecular formula is C13H10ClF2NO. The molecule has 0 saturated carbocycles. The van der Waals surface area contributed by atoms with Crippen molar-refractivity contribution in [2.75, 3.05) is 5.73 Å². The highest BCUT2D eigenvalue weighted by atomic mass is 35.5. The molecule has 2 aromatic rings. The predicted molar refractivity (Wildman–Crippen MR) is 66.6 cm³/mol. The van der Waals surface area contributed by atoms with Gasteiger partial charge in [0.1, 0.15) is 12.4 Å².